The second-order valence-corrected chi connectivity index (χ2v) is 4.00. The number of benzene rings is 1. The Kier molecular flexibility index (Phi) is 4.25. The Balaban J connectivity index is 1.95. The highest BCUT2D eigenvalue weighted by molar-refractivity contribution is 6.17. The van der Waals surface area contributed by atoms with Gasteiger partial charge in [-0.1, -0.05) is 12.1 Å². The van der Waals surface area contributed by atoms with Crippen molar-refractivity contribution >= 4 is 17.5 Å². The summed E-state index contributed by atoms with van der Waals surface area (Å²) in [5.74, 6) is 0.309. The molecule has 0 radical (unpaired) electrons. The Bertz CT molecular complexity index is 514. The average Bonchev–Trinajstić information content (AvgIpc) is 2.46. The Labute approximate surface area is 110 Å². The van der Waals surface area contributed by atoms with E-state index < -0.39 is 0 Å². The quantitative estimate of drug-likeness (QED) is 0.858. The van der Waals surface area contributed by atoms with Crippen molar-refractivity contribution in [2.45, 2.75) is 12.4 Å². The first kappa shape index (κ1) is 12.5. The van der Waals surface area contributed by atoms with Crippen LogP contribution in [0.25, 0.3) is 0 Å². The van der Waals surface area contributed by atoms with Gasteiger partial charge in [-0.15, -0.1) is 11.6 Å². The number of amides is 1. The Morgan fingerprint density at radius 3 is 2.61 bits per heavy atom. The molecule has 1 N–H and O–H groups in total. The number of carbonyl (C=O) groups excluding carboxylic acids is 1. The third-order valence-electron chi connectivity index (χ3n) is 2.43. The predicted molar refractivity (Wildman–Crippen MR) is 69.2 cm³/mol. The molecule has 0 bridgehead atoms. The number of hydrogen-bond donors (Lipinski definition) is 1. The van der Waals surface area contributed by atoms with Crippen LogP contribution >= 0.6 is 11.6 Å². The number of nitrogens with zero attached hydrogens (tertiary/aromatic N) is 2. The first-order chi connectivity index (χ1) is 8.79. The van der Waals surface area contributed by atoms with Gasteiger partial charge in [0.1, 0.15) is 0 Å². The molecule has 0 saturated carbocycles. The number of hydrogen-bond acceptors (Lipinski definition) is 3. The summed E-state index contributed by atoms with van der Waals surface area (Å²) in [6.45, 7) is 0.365. The largest absolute Gasteiger partial charge is 0.346 e. The molecule has 0 atom stereocenters. The molecule has 0 aliphatic heterocycles. The van der Waals surface area contributed by atoms with E-state index in [2.05, 4.69) is 15.5 Å². The summed E-state index contributed by atoms with van der Waals surface area (Å²) in [5, 5.41) is 10.4. The number of aromatic nitrogens is 2. The molecule has 0 fully saturated rings. The summed E-state index contributed by atoms with van der Waals surface area (Å²) in [7, 11) is 0. The fourth-order valence-corrected chi connectivity index (χ4v) is 1.62. The van der Waals surface area contributed by atoms with Crippen molar-refractivity contribution in [2.24, 2.45) is 0 Å². The Morgan fingerprint density at radius 2 is 2.00 bits per heavy atom. The Morgan fingerprint density at radius 1 is 1.22 bits per heavy atom. The van der Waals surface area contributed by atoms with Gasteiger partial charge in [0.25, 0.3) is 5.91 Å². The van der Waals surface area contributed by atoms with Crippen LogP contribution in [0.15, 0.2) is 42.6 Å². The highest BCUT2D eigenvalue weighted by Gasteiger charge is 2.05. The zero-order valence-corrected chi connectivity index (χ0v) is 10.4. The standard InChI is InChI=1S/C13H12ClN3O/c14-8-10-3-5-11(6-4-10)13(18)15-9-12-2-1-7-16-17-12/h1-7H,8-9H2,(H,15,18). The topological polar surface area (TPSA) is 54.9 Å². The summed E-state index contributed by atoms with van der Waals surface area (Å²) in [4.78, 5) is 11.8. The van der Waals surface area contributed by atoms with Crippen LogP contribution in [0.3, 0.4) is 0 Å². The van der Waals surface area contributed by atoms with E-state index in [9.17, 15) is 4.79 Å². The van der Waals surface area contributed by atoms with Gasteiger partial charge in [0.15, 0.2) is 0 Å². The molecule has 1 aromatic carbocycles. The molecule has 0 spiro atoms. The molecule has 0 aliphatic carbocycles. The van der Waals surface area contributed by atoms with Crippen LogP contribution in [0.2, 0.25) is 0 Å². The number of rotatable bonds is 4. The number of nitrogens with one attached hydrogen (secondary N) is 1. The third-order valence-corrected chi connectivity index (χ3v) is 2.74. The molecule has 5 heteroatoms. The second-order valence-electron chi connectivity index (χ2n) is 3.73. The molecule has 92 valence electrons. The van der Waals surface area contributed by atoms with Crippen LogP contribution in [0.1, 0.15) is 21.6 Å². The fraction of sp³-hybridized carbons (Fsp3) is 0.154. The smallest absolute Gasteiger partial charge is 0.251 e. The van der Waals surface area contributed by atoms with E-state index in [1.54, 1.807) is 24.4 Å². The summed E-state index contributed by atoms with van der Waals surface area (Å²) in [6.07, 6.45) is 1.59. The minimum absolute atomic E-state index is 0.137. The molecular weight excluding hydrogens is 250 g/mol. The van der Waals surface area contributed by atoms with Crippen molar-refractivity contribution in [3.05, 3.63) is 59.4 Å². The average molecular weight is 262 g/mol. The van der Waals surface area contributed by atoms with Gasteiger partial charge in [-0.3, -0.25) is 4.79 Å². The minimum Gasteiger partial charge on any atom is -0.346 e. The monoisotopic (exact) mass is 261 g/mol. The molecule has 0 unspecified atom stereocenters. The molecule has 2 rings (SSSR count). The molecule has 0 aliphatic rings. The summed E-state index contributed by atoms with van der Waals surface area (Å²) >= 11 is 5.68. The van der Waals surface area contributed by atoms with Crippen LogP contribution in [0, 0.1) is 0 Å². The SMILES string of the molecule is O=C(NCc1cccnn1)c1ccc(CCl)cc1. The van der Waals surface area contributed by atoms with Gasteiger partial charge in [-0.25, -0.2) is 0 Å². The van der Waals surface area contributed by atoms with Gasteiger partial charge in [-0.05, 0) is 29.8 Å². The van der Waals surface area contributed by atoms with E-state index >= 15 is 0 Å². The number of carbonyl (C=O) groups is 1. The highest BCUT2D eigenvalue weighted by Crippen LogP contribution is 2.07. The zero-order valence-electron chi connectivity index (χ0n) is 9.64. The molecular formula is C13H12ClN3O. The number of halogens is 1. The number of alkyl halides is 1. The van der Waals surface area contributed by atoms with Crippen LogP contribution in [0.5, 0.6) is 0 Å². The van der Waals surface area contributed by atoms with E-state index in [-0.39, 0.29) is 5.91 Å². The minimum atomic E-state index is -0.137. The molecule has 1 aromatic heterocycles. The first-order valence-corrected chi connectivity index (χ1v) is 6.03. The maximum absolute atomic E-state index is 11.8. The third kappa shape index (κ3) is 3.28. The van der Waals surface area contributed by atoms with Crippen LogP contribution < -0.4 is 5.32 Å². The lowest BCUT2D eigenvalue weighted by atomic mass is 10.1. The van der Waals surface area contributed by atoms with Crippen LogP contribution in [-0.2, 0) is 12.4 Å². The van der Waals surface area contributed by atoms with Crippen molar-refractivity contribution in [3.8, 4) is 0 Å². The van der Waals surface area contributed by atoms with Gasteiger partial charge in [0.05, 0.1) is 12.2 Å². The van der Waals surface area contributed by atoms with Gasteiger partial charge < -0.3 is 5.32 Å². The van der Waals surface area contributed by atoms with Crippen molar-refractivity contribution in [2.75, 3.05) is 0 Å². The van der Waals surface area contributed by atoms with Crippen molar-refractivity contribution in [3.63, 3.8) is 0 Å². The van der Waals surface area contributed by atoms with Crippen molar-refractivity contribution < 1.29 is 4.79 Å². The van der Waals surface area contributed by atoms with E-state index in [0.717, 1.165) is 11.3 Å². The second kappa shape index (κ2) is 6.12. The lowest BCUT2D eigenvalue weighted by Crippen LogP contribution is -2.23. The van der Waals surface area contributed by atoms with Gasteiger partial charge in [0.2, 0.25) is 0 Å². The van der Waals surface area contributed by atoms with E-state index in [4.69, 9.17) is 11.6 Å². The maximum atomic E-state index is 11.8. The van der Waals surface area contributed by atoms with E-state index in [0.29, 0.717) is 18.0 Å². The highest BCUT2D eigenvalue weighted by atomic mass is 35.5. The molecule has 0 saturated heterocycles. The normalized spacial score (nSPS) is 10.1. The Hall–Kier alpha value is -1.94. The van der Waals surface area contributed by atoms with Crippen molar-refractivity contribution in [1.82, 2.24) is 15.5 Å². The lowest BCUT2D eigenvalue weighted by molar-refractivity contribution is 0.0950. The summed E-state index contributed by atoms with van der Waals surface area (Å²) in [5.41, 5.74) is 2.32. The van der Waals surface area contributed by atoms with E-state index in [1.165, 1.54) is 0 Å². The molecule has 18 heavy (non-hydrogen) atoms. The molecule has 1 amide bonds. The lowest BCUT2D eigenvalue weighted by Gasteiger charge is -2.04. The van der Waals surface area contributed by atoms with Gasteiger partial charge in [0, 0.05) is 17.6 Å². The van der Waals surface area contributed by atoms with Crippen LogP contribution in [-0.4, -0.2) is 16.1 Å². The fourth-order valence-electron chi connectivity index (χ4n) is 1.45. The van der Waals surface area contributed by atoms with Crippen molar-refractivity contribution in [1.29, 1.82) is 0 Å². The molecule has 4 nitrogen and oxygen atoms in total. The van der Waals surface area contributed by atoms with Gasteiger partial charge in [-0.2, -0.15) is 10.2 Å². The molecule has 1 heterocycles. The zero-order chi connectivity index (χ0) is 12.8. The van der Waals surface area contributed by atoms with Gasteiger partial charge >= 0.3 is 0 Å². The van der Waals surface area contributed by atoms with E-state index in [1.807, 2.05) is 18.2 Å². The first-order valence-electron chi connectivity index (χ1n) is 5.49. The maximum Gasteiger partial charge on any atom is 0.251 e. The summed E-state index contributed by atoms with van der Waals surface area (Å²) < 4.78 is 0. The summed E-state index contributed by atoms with van der Waals surface area (Å²) in [6, 6.07) is 10.8. The predicted octanol–water partition coefficient (Wildman–Crippen LogP) is 2.15. The van der Waals surface area contributed by atoms with Crippen LogP contribution in [0.4, 0.5) is 0 Å². The molecule has 2 aromatic rings.